The third-order valence-corrected chi connectivity index (χ3v) is 2.26. The van der Waals surface area contributed by atoms with E-state index in [-0.39, 0.29) is 18.7 Å². The number of benzene rings is 1. The number of carbonyl (C=O) groups is 1. The summed E-state index contributed by atoms with van der Waals surface area (Å²) in [6.45, 7) is 4.10. The molecule has 0 radical (unpaired) electrons. The molecule has 1 aliphatic heterocycles. The highest BCUT2D eigenvalue weighted by molar-refractivity contribution is 6.18. The molecule has 3 heteroatoms. The summed E-state index contributed by atoms with van der Waals surface area (Å²) >= 11 is 0. The quantitative estimate of drug-likeness (QED) is 0.731. The van der Waals surface area contributed by atoms with Gasteiger partial charge in [0.1, 0.15) is 17.9 Å². The summed E-state index contributed by atoms with van der Waals surface area (Å²) in [6.07, 6.45) is 0.0446. The topological polar surface area (TPSA) is 35.5 Å². The van der Waals surface area contributed by atoms with Gasteiger partial charge in [-0.3, -0.25) is 0 Å². The van der Waals surface area contributed by atoms with Crippen molar-refractivity contribution in [3.63, 3.8) is 0 Å². The Labute approximate surface area is 94.7 Å². The number of rotatable bonds is 3. The summed E-state index contributed by atoms with van der Waals surface area (Å²) in [7, 11) is 0. The van der Waals surface area contributed by atoms with Crippen molar-refractivity contribution in [2.45, 2.75) is 20.0 Å². The van der Waals surface area contributed by atoms with E-state index >= 15 is 0 Å². The van der Waals surface area contributed by atoms with Gasteiger partial charge in [0.25, 0.3) is 0 Å². The molecule has 2 rings (SSSR count). The molecule has 84 valence electrons. The van der Waals surface area contributed by atoms with E-state index in [1.807, 2.05) is 44.2 Å². The van der Waals surface area contributed by atoms with Gasteiger partial charge in [-0.25, -0.2) is 4.79 Å². The molecule has 0 aromatic heterocycles. The number of hydrogen-bond donors (Lipinski definition) is 0. The Balaban J connectivity index is 2.37. The number of cyclic esters (lactones) is 1. The van der Waals surface area contributed by atoms with Crippen LogP contribution in [0.25, 0.3) is 5.57 Å². The van der Waals surface area contributed by atoms with Crippen LogP contribution < -0.4 is 0 Å². The lowest BCUT2D eigenvalue weighted by Gasteiger charge is -2.10. The summed E-state index contributed by atoms with van der Waals surface area (Å²) in [4.78, 5) is 11.6. The van der Waals surface area contributed by atoms with Crippen molar-refractivity contribution in [3.8, 4) is 0 Å². The van der Waals surface area contributed by atoms with Crippen molar-refractivity contribution < 1.29 is 14.3 Å². The lowest BCUT2D eigenvalue weighted by molar-refractivity contribution is -0.134. The minimum absolute atomic E-state index is 0.0446. The van der Waals surface area contributed by atoms with Crippen molar-refractivity contribution in [2.75, 3.05) is 6.61 Å². The largest absolute Gasteiger partial charge is 0.491 e. The zero-order valence-corrected chi connectivity index (χ0v) is 9.40. The van der Waals surface area contributed by atoms with Gasteiger partial charge in [0.2, 0.25) is 0 Å². The fourth-order valence-corrected chi connectivity index (χ4v) is 1.65. The molecule has 0 fully saturated rings. The minimum atomic E-state index is -0.304. The fourth-order valence-electron chi connectivity index (χ4n) is 1.65. The van der Waals surface area contributed by atoms with E-state index in [2.05, 4.69) is 0 Å². The van der Waals surface area contributed by atoms with E-state index in [1.165, 1.54) is 0 Å². The number of ether oxygens (including phenoxy) is 2. The Kier molecular flexibility index (Phi) is 2.95. The van der Waals surface area contributed by atoms with Gasteiger partial charge < -0.3 is 9.47 Å². The molecule has 1 aromatic rings. The highest BCUT2D eigenvalue weighted by Gasteiger charge is 2.28. The molecule has 1 aliphatic rings. The van der Waals surface area contributed by atoms with Crippen LogP contribution in [0.5, 0.6) is 0 Å². The molecule has 16 heavy (non-hydrogen) atoms. The van der Waals surface area contributed by atoms with Gasteiger partial charge in [-0.15, -0.1) is 0 Å². The van der Waals surface area contributed by atoms with Crippen molar-refractivity contribution >= 4 is 11.5 Å². The van der Waals surface area contributed by atoms with Crippen molar-refractivity contribution in [3.05, 3.63) is 41.7 Å². The van der Waals surface area contributed by atoms with Crippen LogP contribution in [0, 0.1) is 0 Å². The molecule has 0 N–H and O–H groups in total. The van der Waals surface area contributed by atoms with Crippen molar-refractivity contribution in [1.82, 2.24) is 0 Å². The van der Waals surface area contributed by atoms with E-state index in [1.54, 1.807) is 0 Å². The Hall–Kier alpha value is -1.77. The van der Waals surface area contributed by atoms with Gasteiger partial charge in [0, 0.05) is 0 Å². The van der Waals surface area contributed by atoms with Crippen LogP contribution in [-0.4, -0.2) is 18.7 Å². The first-order valence-electron chi connectivity index (χ1n) is 5.31. The van der Waals surface area contributed by atoms with E-state index in [0.717, 1.165) is 5.56 Å². The molecular formula is C13H14O3. The maximum atomic E-state index is 11.6. The molecule has 0 amide bonds. The first kappa shape index (κ1) is 10.7. The third-order valence-electron chi connectivity index (χ3n) is 2.26. The third kappa shape index (κ3) is 2.08. The van der Waals surface area contributed by atoms with Crippen molar-refractivity contribution in [2.24, 2.45) is 0 Å². The average Bonchev–Trinajstić information content (AvgIpc) is 2.60. The summed E-state index contributed by atoms with van der Waals surface area (Å²) < 4.78 is 10.6. The normalized spacial score (nSPS) is 15.6. The molecule has 0 saturated heterocycles. The molecule has 1 heterocycles. The Morgan fingerprint density at radius 2 is 1.94 bits per heavy atom. The first-order valence-corrected chi connectivity index (χ1v) is 5.31. The summed E-state index contributed by atoms with van der Waals surface area (Å²) in [6, 6.07) is 9.45. The van der Waals surface area contributed by atoms with Crippen LogP contribution in [0.3, 0.4) is 0 Å². The standard InChI is InChI=1S/C13H14O3/c1-9(2)16-11-8-15-13(14)12(11)10-6-4-3-5-7-10/h3-7,9H,8H2,1-2H3. The number of carbonyl (C=O) groups excluding carboxylic acids is 1. The predicted octanol–water partition coefficient (Wildman–Crippen LogP) is 2.38. The number of hydrogen-bond acceptors (Lipinski definition) is 3. The van der Waals surface area contributed by atoms with Crippen LogP contribution in [0.15, 0.2) is 36.1 Å². The second-order valence-corrected chi connectivity index (χ2v) is 3.91. The summed E-state index contributed by atoms with van der Waals surface area (Å²) in [5, 5.41) is 0. The highest BCUT2D eigenvalue weighted by Crippen LogP contribution is 2.27. The Morgan fingerprint density at radius 3 is 2.56 bits per heavy atom. The zero-order valence-electron chi connectivity index (χ0n) is 9.40. The molecule has 0 spiro atoms. The molecule has 1 aromatic carbocycles. The summed E-state index contributed by atoms with van der Waals surface area (Å²) in [5.41, 5.74) is 1.40. The molecule has 0 unspecified atom stereocenters. The molecule has 0 bridgehead atoms. The summed E-state index contributed by atoms with van der Waals surface area (Å²) in [5.74, 6) is 0.327. The minimum Gasteiger partial charge on any atom is -0.491 e. The maximum Gasteiger partial charge on any atom is 0.342 e. The number of esters is 1. The van der Waals surface area contributed by atoms with Gasteiger partial charge in [0.15, 0.2) is 0 Å². The second-order valence-electron chi connectivity index (χ2n) is 3.91. The van der Waals surface area contributed by atoms with Crippen LogP contribution in [0.4, 0.5) is 0 Å². The molecular weight excluding hydrogens is 204 g/mol. The maximum absolute atomic E-state index is 11.6. The molecule has 0 saturated carbocycles. The average molecular weight is 218 g/mol. The second kappa shape index (κ2) is 4.39. The van der Waals surface area contributed by atoms with Gasteiger partial charge >= 0.3 is 5.97 Å². The lowest BCUT2D eigenvalue weighted by Crippen LogP contribution is -2.04. The van der Waals surface area contributed by atoms with Gasteiger partial charge in [-0.1, -0.05) is 30.3 Å². The van der Waals surface area contributed by atoms with E-state index in [0.29, 0.717) is 11.3 Å². The van der Waals surface area contributed by atoms with Crippen LogP contribution in [0.2, 0.25) is 0 Å². The van der Waals surface area contributed by atoms with Crippen LogP contribution in [0.1, 0.15) is 19.4 Å². The monoisotopic (exact) mass is 218 g/mol. The molecule has 3 nitrogen and oxygen atoms in total. The Morgan fingerprint density at radius 1 is 1.25 bits per heavy atom. The highest BCUT2D eigenvalue weighted by atomic mass is 16.6. The smallest absolute Gasteiger partial charge is 0.342 e. The van der Waals surface area contributed by atoms with Crippen molar-refractivity contribution in [1.29, 1.82) is 0 Å². The molecule has 0 aliphatic carbocycles. The lowest BCUT2D eigenvalue weighted by atomic mass is 10.1. The van der Waals surface area contributed by atoms with E-state index < -0.39 is 0 Å². The Bertz CT molecular complexity index is 418. The van der Waals surface area contributed by atoms with E-state index in [4.69, 9.17) is 9.47 Å². The van der Waals surface area contributed by atoms with Crippen LogP contribution >= 0.6 is 0 Å². The first-order chi connectivity index (χ1) is 7.68. The SMILES string of the molecule is CC(C)OC1=C(c2ccccc2)C(=O)OC1. The van der Waals surface area contributed by atoms with Gasteiger partial charge in [-0.05, 0) is 19.4 Å². The van der Waals surface area contributed by atoms with Gasteiger partial charge in [0.05, 0.1) is 6.10 Å². The van der Waals surface area contributed by atoms with E-state index in [9.17, 15) is 4.79 Å². The molecule has 0 atom stereocenters. The van der Waals surface area contributed by atoms with Crippen LogP contribution in [-0.2, 0) is 14.3 Å². The van der Waals surface area contributed by atoms with Gasteiger partial charge in [-0.2, -0.15) is 0 Å². The predicted molar refractivity (Wildman–Crippen MR) is 60.5 cm³/mol. The fraction of sp³-hybridized carbons (Fsp3) is 0.308. The zero-order chi connectivity index (χ0) is 11.5.